The number of aliphatic hydroxyl groups excluding tert-OH is 1. The van der Waals surface area contributed by atoms with Crippen LogP contribution in [-0.4, -0.2) is 22.8 Å². The zero-order valence-electron chi connectivity index (χ0n) is 14.6. The summed E-state index contributed by atoms with van der Waals surface area (Å²) >= 11 is 0. The van der Waals surface area contributed by atoms with Gasteiger partial charge < -0.3 is 9.84 Å². The Bertz CT molecular complexity index is 555. The van der Waals surface area contributed by atoms with E-state index in [1.165, 1.54) is 5.57 Å². The molecule has 4 rings (SSSR count). The number of rotatable bonds is 3. The van der Waals surface area contributed by atoms with Crippen LogP contribution in [0.5, 0.6) is 0 Å². The van der Waals surface area contributed by atoms with Gasteiger partial charge >= 0.3 is 5.97 Å². The highest BCUT2D eigenvalue weighted by molar-refractivity contribution is 5.80. The molecule has 0 aromatic carbocycles. The van der Waals surface area contributed by atoms with E-state index in [-0.39, 0.29) is 28.5 Å². The van der Waals surface area contributed by atoms with Crippen molar-refractivity contribution in [3.05, 3.63) is 12.2 Å². The molecule has 0 radical (unpaired) electrons. The molecule has 6 atom stereocenters. The van der Waals surface area contributed by atoms with Crippen LogP contribution in [0.2, 0.25) is 0 Å². The Morgan fingerprint density at radius 2 is 2.09 bits per heavy atom. The molecule has 3 aliphatic carbocycles. The van der Waals surface area contributed by atoms with Crippen molar-refractivity contribution in [2.24, 2.45) is 22.7 Å². The molecule has 0 amide bonds. The molecule has 0 spiro atoms. The van der Waals surface area contributed by atoms with Crippen molar-refractivity contribution < 1.29 is 14.6 Å². The highest BCUT2D eigenvalue weighted by Crippen LogP contribution is 2.60. The van der Waals surface area contributed by atoms with Crippen molar-refractivity contribution in [2.75, 3.05) is 0 Å². The molecular formula is C20H30O3. The number of ether oxygens (including phenoxy) is 1. The van der Waals surface area contributed by atoms with Gasteiger partial charge in [-0.2, -0.15) is 0 Å². The van der Waals surface area contributed by atoms with Gasteiger partial charge in [-0.15, -0.1) is 0 Å². The predicted octanol–water partition coefficient (Wildman–Crippen LogP) is 4.00. The van der Waals surface area contributed by atoms with E-state index in [4.69, 9.17) is 4.74 Å². The van der Waals surface area contributed by atoms with Crippen molar-refractivity contribution in [2.45, 2.75) is 83.3 Å². The summed E-state index contributed by atoms with van der Waals surface area (Å²) in [5.74, 6) is 0.926. The van der Waals surface area contributed by atoms with Gasteiger partial charge in [-0.3, -0.25) is 4.79 Å². The van der Waals surface area contributed by atoms with Crippen molar-refractivity contribution in [3.8, 4) is 0 Å². The first kappa shape index (κ1) is 15.7. The number of esters is 1. The number of aliphatic hydroxyl groups is 1. The third-order valence-electron chi connectivity index (χ3n) is 7.90. The largest absolute Gasteiger partial charge is 0.459 e. The molecular weight excluding hydrogens is 288 g/mol. The molecule has 3 nitrogen and oxygen atoms in total. The Morgan fingerprint density at radius 3 is 2.83 bits per heavy atom. The Labute approximate surface area is 139 Å². The molecule has 3 saturated carbocycles. The van der Waals surface area contributed by atoms with Crippen molar-refractivity contribution in [1.29, 1.82) is 0 Å². The summed E-state index contributed by atoms with van der Waals surface area (Å²) in [5, 5.41) is 10.7. The second kappa shape index (κ2) is 4.84. The maximum atomic E-state index is 12.4. The molecule has 3 heteroatoms. The van der Waals surface area contributed by atoms with E-state index in [0.29, 0.717) is 11.8 Å². The molecule has 0 unspecified atom stereocenters. The van der Waals surface area contributed by atoms with Crippen LogP contribution in [0.15, 0.2) is 12.2 Å². The minimum atomic E-state index is -0.307. The molecule has 23 heavy (non-hydrogen) atoms. The fraction of sp³-hybridized carbons (Fsp3) is 0.850. The second-order valence-electron chi connectivity index (χ2n) is 9.26. The summed E-state index contributed by atoms with van der Waals surface area (Å²) in [6, 6.07) is 0. The van der Waals surface area contributed by atoms with Gasteiger partial charge in [0.15, 0.2) is 0 Å². The molecule has 1 N–H and O–H groups in total. The average Bonchev–Trinajstić information content (AvgIpc) is 2.80. The lowest BCUT2D eigenvalue weighted by Crippen LogP contribution is -2.44. The zero-order chi connectivity index (χ0) is 16.5. The Kier molecular flexibility index (Phi) is 3.30. The number of hydrogen-bond acceptors (Lipinski definition) is 3. The average molecular weight is 318 g/mol. The van der Waals surface area contributed by atoms with Crippen LogP contribution in [0.1, 0.15) is 71.6 Å². The van der Waals surface area contributed by atoms with Gasteiger partial charge in [0.25, 0.3) is 0 Å². The minimum absolute atomic E-state index is 0.0119. The summed E-state index contributed by atoms with van der Waals surface area (Å²) in [4.78, 5) is 12.4. The fourth-order valence-electron chi connectivity index (χ4n) is 6.47. The molecule has 4 aliphatic rings. The van der Waals surface area contributed by atoms with E-state index in [2.05, 4.69) is 20.4 Å². The van der Waals surface area contributed by atoms with Gasteiger partial charge in [-0.25, -0.2) is 0 Å². The lowest BCUT2D eigenvalue weighted by molar-refractivity contribution is -0.151. The van der Waals surface area contributed by atoms with Crippen LogP contribution in [0.4, 0.5) is 0 Å². The fourth-order valence-corrected chi connectivity index (χ4v) is 6.47. The summed E-state index contributed by atoms with van der Waals surface area (Å²) < 4.78 is 5.83. The molecule has 4 bridgehead atoms. The Hall–Kier alpha value is -0.830. The minimum Gasteiger partial charge on any atom is -0.459 e. The maximum Gasteiger partial charge on any atom is 0.312 e. The summed E-state index contributed by atoms with van der Waals surface area (Å²) in [7, 11) is 0. The smallest absolute Gasteiger partial charge is 0.312 e. The van der Waals surface area contributed by atoms with E-state index in [1.807, 2.05) is 0 Å². The SMILES string of the molecule is C=C1C[C@@]2(CC[C@H]3[C@@]4(C)CCC[C@]3(C)OC4=O)C[C@@H]1CC[C@H]2O. The number of carbonyl (C=O) groups is 1. The zero-order valence-corrected chi connectivity index (χ0v) is 14.6. The highest BCUT2D eigenvalue weighted by atomic mass is 16.6. The van der Waals surface area contributed by atoms with E-state index < -0.39 is 0 Å². The van der Waals surface area contributed by atoms with E-state index in [0.717, 1.165) is 57.8 Å². The lowest BCUT2D eigenvalue weighted by Gasteiger charge is -2.43. The van der Waals surface area contributed by atoms with Crippen LogP contribution < -0.4 is 0 Å². The predicted molar refractivity (Wildman–Crippen MR) is 88.7 cm³/mol. The third-order valence-corrected chi connectivity index (χ3v) is 7.90. The Balaban J connectivity index is 1.55. The molecule has 0 aromatic rings. The maximum absolute atomic E-state index is 12.4. The van der Waals surface area contributed by atoms with E-state index in [9.17, 15) is 9.90 Å². The van der Waals surface area contributed by atoms with Gasteiger partial charge in [0.1, 0.15) is 5.60 Å². The van der Waals surface area contributed by atoms with Gasteiger partial charge in [0, 0.05) is 11.3 Å². The first-order valence-corrected chi connectivity index (χ1v) is 9.38. The normalized spacial score (nSPS) is 51.9. The van der Waals surface area contributed by atoms with Crippen molar-refractivity contribution in [3.63, 3.8) is 0 Å². The molecule has 4 fully saturated rings. The molecule has 1 saturated heterocycles. The summed E-state index contributed by atoms with van der Waals surface area (Å²) in [6.07, 6.45) is 8.93. The second-order valence-corrected chi connectivity index (χ2v) is 9.26. The lowest BCUT2D eigenvalue weighted by atomic mass is 9.59. The van der Waals surface area contributed by atoms with Crippen LogP contribution in [0.3, 0.4) is 0 Å². The van der Waals surface area contributed by atoms with Crippen LogP contribution in [0, 0.1) is 22.7 Å². The van der Waals surface area contributed by atoms with Gasteiger partial charge in [-0.1, -0.05) is 12.2 Å². The quantitative estimate of drug-likeness (QED) is 0.632. The highest BCUT2D eigenvalue weighted by Gasteiger charge is 2.62. The topological polar surface area (TPSA) is 46.5 Å². The molecule has 1 aliphatic heterocycles. The molecule has 1 heterocycles. The van der Waals surface area contributed by atoms with Crippen molar-refractivity contribution in [1.82, 2.24) is 0 Å². The van der Waals surface area contributed by atoms with Crippen LogP contribution in [-0.2, 0) is 9.53 Å². The first-order valence-electron chi connectivity index (χ1n) is 9.38. The van der Waals surface area contributed by atoms with Crippen molar-refractivity contribution >= 4 is 5.97 Å². The third kappa shape index (κ3) is 2.08. The molecule has 128 valence electrons. The van der Waals surface area contributed by atoms with E-state index >= 15 is 0 Å². The van der Waals surface area contributed by atoms with Crippen LogP contribution in [0.25, 0.3) is 0 Å². The molecule has 0 aromatic heterocycles. The number of allylic oxidation sites excluding steroid dienone is 1. The monoisotopic (exact) mass is 318 g/mol. The van der Waals surface area contributed by atoms with E-state index in [1.54, 1.807) is 0 Å². The summed E-state index contributed by atoms with van der Waals surface area (Å²) in [5.41, 5.74) is 0.776. The first-order chi connectivity index (χ1) is 10.8. The number of carbonyl (C=O) groups excluding carboxylic acids is 1. The van der Waals surface area contributed by atoms with Crippen LogP contribution >= 0.6 is 0 Å². The number of hydrogen-bond donors (Lipinski definition) is 1. The van der Waals surface area contributed by atoms with Gasteiger partial charge in [0.2, 0.25) is 0 Å². The summed E-state index contributed by atoms with van der Waals surface area (Å²) in [6.45, 7) is 8.50. The number of fused-ring (bicyclic) bond motifs is 4. The van der Waals surface area contributed by atoms with Gasteiger partial charge in [-0.05, 0) is 77.6 Å². The standard InChI is InChI=1S/C20H30O3/c1-13-11-20(12-14(13)5-6-16(20)21)10-7-15-18(2)8-4-9-19(15,3)23-17(18)22/h14-16,21H,1,4-12H2,2-3H3/t14-,15-,16+,18+,19-,20-/m0/s1. The Morgan fingerprint density at radius 1 is 1.30 bits per heavy atom. The van der Waals surface area contributed by atoms with Gasteiger partial charge in [0.05, 0.1) is 11.5 Å².